The van der Waals surface area contributed by atoms with Gasteiger partial charge in [0.05, 0.1) is 23.2 Å². The summed E-state index contributed by atoms with van der Waals surface area (Å²) >= 11 is 0. The summed E-state index contributed by atoms with van der Waals surface area (Å²) in [5, 5.41) is 11.0. The standard InChI is InChI=1S/C13H17NO3/c1-2-10-5-3-8-13(14(15)16)12(10)9-17-11-6-4-7-11/h3,5,8,11H,2,4,6-7,9H2,1H3. The molecule has 0 N–H and O–H groups in total. The zero-order valence-electron chi connectivity index (χ0n) is 10.0. The molecule has 17 heavy (non-hydrogen) atoms. The minimum Gasteiger partial charge on any atom is -0.373 e. The van der Waals surface area contributed by atoms with Crippen molar-refractivity contribution in [3.8, 4) is 0 Å². The van der Waals surface area contributed by atoms with E-state index in [9.17, 15) is 10.1 Å². The summed E-state index contributed by atoms with van der Waals surface area (Å²) in [6.45, 7) is 2.37. The summed E-state index contributed by atoms with van der Waals surface area (Å²) in [5.74, 6) is 0. The van der Waals surface area contributed by atoms with Gasteiger partial charge >= 0.3 is 0 Å². The molecular weight excluding hydrogens is 218 g/mol. The van der Waals surface area contributed by atoms with Gasteiger partial charge in [0, 0.05) is 6.07 Å². The zero-order valence-corrected chi connectivity index (χ0v) is 10.0. The largest absolute Gasteiger partial charge is 0.373 e. The van der Waals surface area contributed by atoms with Crippen LogP contribution in [0.3, 0.4) is 0 Å². The van der Waals surface area contributed by atoms with Crippen molar-refractivity contribution >= 4 is 5.69 Å². The van der Waals surface area contributed by atoms with Crippen molar-refractivity contribution < 1.29 is 9.66 Å². The number of nitrogens with zero attached hydrogens (tertiary/aromatic N) is 1. The maximum atomic E-state index is 11.0. The third-order valence-corrected chi connectivity index (χ3v) is 3.34. The number of rotatable bonds is 5. The van der Waals surface area contributed by atoms with Gasteiger partial charge in [0.2, 0.25) is 0 Å². The summed E-state index contributed by atoms with van der Waals surface area (Å²) in [4.78, 5) is 10.6. The lowest BCUT2D eigenvalue weighted by atomic mass is 9.96. The Morgan fingerprint density at radius 2 is 2.24 bits per heavy atom. The lowest BCUT2D eigenvalue weighted by Gasteiger charge is -2.25. The molecule has 0 saturated heterocycles. The van der Waals surface area contributed by atoms with Gasteiger partial charge in [0.1, 0.15) is 0 Å². The Kier molecular flexibility index (Phi) is 3.74. The third-order valence-electron chi connectivity index (χ3n) is 3.34. The SMILES string of the molecule is CCc1cccc([N+](=O)[O-])c1COC1CCC1. The van der Waals surface area contributed by atoms with Gasteiger partial charge in [-0.3, -0.25) is 10.1 Å². The number of hydrogen-bond acceptors (Lipinski definition) is 3. The van der Waals surface area contributed by atoms with Crippen molar-refractivity contribution in [1.82, 2.24) is 0 Å². The summed E-state index contributed by atoms with van der Waals surface area (Å²) in [6, 6.07) is 5.23. The average Bonchev–Trinajstić information content (AvgIpc) is 2.26. The third kappa shape index (κ3) is 2.64. The maximum Gasteiger partial charge on any atom is 0.275 e. The first-order chi connectivity index (χ1) is 8.22. The second kappa shape index (κ2) is 5.27. The number of aryl methyl sites for hydroxylation is 1. The van der Waals surface area contributed by atoms with Crippen LogP contribution in [0.25, 0.3) is 0 Å². The highest BCUT2D eigenvalue weighted by Gasteiger charge is 2.21. The second-order valence-electron chi connectivity index (χ2n) is 4.39. The van der Waals surface area contributed by atoms with Crippen LogP contribution in [0.5, 0.6) is 0 Å². The van der Waals surface area contributed by atoms with E-state index in [-0.39, 0.29) is 10.6 Å². The van der Waals surface area contributed by atoms with Crippen LogP contribution >= 0.6 is 0 Å². The molecule has 0 bridgehead atoms. The molecule has 1 saturated carbocycles. The van der Waals surface area contributed by atoms with Crippen molar-refractivity contribution in [2.75, 3.05) is 0 Å². The molecule has 2 rings (SSSR count). The van der Waals surface area contributed by atoms with Crippen LogP contribution in [-0.2, 0) is 17.8 Å². The molecule has 1 aromatic rings. The molecule has 1 aliphatic carbocycles. The molecule has 4 nitrogen and oxygen atoms in total. The van der Waals surface area contributed by atoms with E-state index in [4.69, 9.17) is 4.74 Å². The number of hydrogen-bond donors (Lipinski definition) is 0. The average molecular weight is 235 g/mol. The van der Waals surface area contributed by atoms with Gasteiger partial charge in [-0.25, -0.2) is 0 Å². The fourth-order valence-electron chi connectivity index (χ4n) is 2.03. The van der Waals surface area contributed by atoms with Crippen LogP contribution in [-0.4, -0.2) is 11.0 Å². The number of nitro benzene ring substituents is 1. The first-order valence-electron chi connectivity index (χ1n) is 6.09. The summed E-state index contributed by atoms with van der Waals surface area (Å²) < 4.78 is 5.69. The summed E-state index contributed by atoms with van der Waals surface area (Å²) in [6.07, 6.45) is 4.48. The van der Waals surface area contributed by atoms with Crippen molar-refractivity contribution in [3.63, 3.8) is 0 Å². The monoisotopic (exact) mass is 235 g/mol. The van der Waals surface area contributed by atoms with Gasteiger partial charge in [-0.1, -0.05) is 19.1 Å². The van der Waals surface area contributed by atoms with Gasteiger partial charge in [0.25, 0.3) is 5.69 Å². The van der Waals surface area contributed by atoms with E-state index in [1.165, 1.54) is 6.42 Å². The Morgan fingerprint density at radius 1 is 1.47 bits per heavy atom. The van der Waals surface area contributed by atoms with Crippen LogP contribution < -0.4 is 0 Å². The minimum atomic E-state index is -0.321. The van der Waals surface area contributed by atoms with Crippen LogP contribution in [0.1, 0.15) is 37.3 Å². The maximum absolute atomic E-state index is 11.0. The predicted octanol–water partition coefficient (Wildman–Crippen LogP) is 3.23. The molecule has 0 aliphatic heterocycles. The van der Waals surface area contributed by atoms with E-state index in [0.29, 0.717) is 12.7 Å². The summed E-state index contributed by atoms with van der Waals surface area (Å²) in [7, 11) is 0. The lowest BCUT2D eigenvalue weighted by Crippen LogP contribution is -2.21. The Bertz CT molecular complexity index is 413. The first kappa shape index (κ1) is 12.0. The number of nitro groups is 1. The topological polar surface area (TPSA) is 52.4 Å². The number of ether oxygens (including phenoxy) is 1. The highest BCUT2D eigenvalue weighted by molar-refractivity contribution is 5.45. The first-order valence-corrected chi connectivity index (χ1v) is 6.09. The molecule has 0 atom stereocenters. The minimum absolute atomic E-state index is 0.184. The molecule has 0 heterocycles. The van der Waals surface area contributed by atoms with Crippen molar-refractivity contribution in [1.29, 1.82) is 0 Å². The molecule has 0 amide bonds. The highest BCUT2D eigenvalue weighted by Crippen LogP contribution is 2.28. The Balaban J connectivity index is 2.17. The van der Waals surface area contributed by atoms with Crippen LogP contribution in [0.15, 0.2) is 18.2 Å². The van der Waals surface area contributed by atoms with Gasteiger partial charge in [-0.05, 0) is 31.2 Å². The molecule has 1 aromatic carbocycles. The number of benzene rings is 1. The fourth-order valence-corrected chi connectivity index (χ4v) is 2.03. The Labute approximate surface area is 101 Å². The van der Waals surface area contributed by atoms with Gasteiger partial charge in [-0.2, -0.15) is 0 Å². The van der Waals surface area contributed by atoms with Gasteiger partial charge in [0.15, 0.2) is 0 Å². The molecule has 0 spiro atoms. The van der Waals surface area contributed by atoms with Crippen molar-refractivity contribution in [2.24, 2.45) is 0 Å². The second-order valence-corrected chi connectivity index (χ2v) is 4.39. The Hall–Kier alpha value is -1.42. The predicted molar refractivity (Wildman–Crippen MR) is 64.9 cm³/mol. The van der Waals surface area contributed by atoms with Gasteiger partial charge < -0.3 is 4.74 Å². The normalized spacial score (nSPS) is 15.6. The molecule has 1 aliphatic rings. The molecule has 0 aromatic heterocycles. The molecule has 0 unspecified atom stereocenters. The van der Waals surface area contributed by atoms with Crippen LogP contribution in [0.4, 0.5) is 5.69 Å². The highest BCUT2D eigenvalue weighted by atomic mass is 16.6. The van der Waals surface area contributed by atoms with Crippen molar-refractivity contribution in [3.05, 3.63) is 39.4 Å². The van der Waals surface area contributed by atoms with E-state index in [0.717, 1.165) is 30.4 Å². The molecule has 4 heteroatoms. The smallest absolute Gasteiger partial charge is 0.275 e. The van der Waals surface area contributed by atoms with E-state index in [2.05, 4.69) is 0 Å². The van der Waals surface area contributed by atoms with E-state index >= 15 is 0 Å². The molecule has 92 valence electrons. The zero-order chi connectivity index (χ0) is 12.3. The van der Waals surface area contributed by atoms with E-state index in [1.807, 2.05) is 13.0 Å². The quantitative estimate of drug-likeness (QED) is 0.581. The molecular formula is C13H17NO3. The van der Waals surface area contributed by atoms with Crippen LogP contribution in [0, 0.1) is 10.1 Å². The molecule has 1 fully saturated rings. The van der Waals surface area contributed by atoms with E-state index < -0.39 is 0 Å². The van der Waals surface area contributed by atoms with Crippen molar-refractivity contribution in [2.45, 2.75) is 45.3 Å². The van der Waals surface area contributed by atoms with Crippen LogP contribution in [0.2, 0.25) is 0 Å². The fraction of sp³-hybridized carbons (Fsp3) is 0.538. The Morgan fingerprint density at radius 3 is 2.76 bits per heavy atom. The summed E-state index contributed by atoms with van der Waals surface area (Å²) in [5.41, 5.74) is 1.94. The van der Waals surface area contributed by atoms with Gasteiger partial charge in [-0.15, -0.1) is 0 Å². The van der Waals surface area contributed by atoms with E-state index in [1.54, 1.807) is 12.1 Å². The lowest BCUT2D eigenvalue weighted by molar-refractivity contribution is -0.386. The molecule has 0 radical (unpaired) electrons.